The lowest BCUT2D eigenvalue weighted by Gasteiger charge is -2.13. The molecule has 40 heavy (non-hydrogen) atoms. The number of fused-ring (bicyclic) bond motifs is 1. The molecule has 0 aliphatic rings. The van der Waals surface area contributed by atoms with Crippen molar-refractivity contribution in [3.05, 3.63) is 96.7 Å². The number of aromatic nitrogens is 3. The smallest absolute Gasteiger partial charge is 0.231 e. The SMILES string of the molecule is COc1cc(S(C)(=O)=O)cnc1Nc1cn2cc(-c3ccc(NC(=O)[C@H](C)c4ccc(F)cc4)cc3)ccc2n1. The van der Waals surface area contributed by atoms with Crippen molar-refractivity contribution >= 4 is 38.7 Å². The Morgan fingerprint density at radius 2 is 1.70 bits per heavy atom. The maximum Gasteiger partial charge on any atom is 0.231 e. The second-order valence-electron chi connectivity index (χ2n) is 9.27. The molecule has 0 bridgehead atoms. The van der Waals surface area contributed by atoms with Crippen LogP contribution in [-0.2, 0) is 14.6 Å². The van der Waals surface area contributed by atoms with Crippen LogP contribution in [0.1, 0.15) is 18.4 Å². The molecule has 3 aromatic heterocycles. The molecule has 0 saturated carbocycles. The molecule has 0 fully saturated rings. The summed E-state index contributed by atoms with van der Waals surface area (Å²) in [5.41, 5.74) is 3.95. The standard InChI is InChI=1S/C29H26FN5O4S/c1-18(19-4-9-22(30)10-5-19)29(36)32-23-11-6-20(7-12-23)21-8-13-27-33-26(17-35(27)16-21)34-28-25(39-2)14-24(15-31-28)40(3,37)38/h4-18H,1-3H3,(H,31,34)(H,32,36)/t18-/m1/s1. The summed E-state index contributed by atoms with van der Waals surface area (Å²) >= 11 is 0. The Morgan fingerprint density at radius 3 is 2.38 bits per heavy atom. The first-order valence-electron chi connectivity index (χ1n) is 12.3. The summed E-state index contributed by atoms with van der Waals surface area (Å²) in [5, 5.41) is 5.98. The Labute approximate surface area is 230 Å². The molecule has 0 aliphatic heterocycles. The molecule has 0 aliphatic carbocycles. The fourth-order valence-corrected chi connectivity index (χ4v) is 4.69. The zero-order valence-corrected chi connectivity index (χ0v) is 22.7. The van der Waals surface area contributed by atoms with E-state index in [-0.39, 0.29) is 22.4 Å². The third kappa shape index (κ3) is 5.79. The molecule has 0 radical (unpaired) electrons. The fourth-order valence-electron chi connectivity index (χ4n) is 4.12. The van der Waals surface area contributed by atoms with Crippen molar-refractivity contribution in [3.8, 4) is 16.9 Å². The van der Waals surface area contributed by atoms with E-state index in [9.17, 15) is 17.6 Å². The molecule has 204 valence electrons. The zero-order chi connectivity index (χ0) is 28.4. The van der Waals surface area contributed by atoms with Gasteiger partial charge < -0.3 is 19.8 Å². The Bertz CT molecular complexity index is 1800. The number of pyridine rings is 2. The van der Waals surface area contributed by atoms with Gasteiger partial charge in [0, 0.05) is 30.4 Å². The fraction of sp³-hybridized carbons (Fsp3) is 0.138. The van der Waals surface area contributed by atoms with Gasteiger partial charge in [-0.2, -0.15) is 0 Å². The number of carbonyl (C=O) groups excluding carboxylic acids is 1. The summed E-state index contributed by atoms with van der Waals surface area (Å²) in [6.07, 6.45) is 6.09. The first-order valence-corrected chi connectivity index (χ1v) is 14.2. The Hall–Kier alpha value is -4.77. The Balaban J connectivity index is 1.30. The summed E-state index contributed by atoms with van der Waals surface area (Å²) < 4.78 is 44.0. The van der Waals surface area contributed by atoms with Crippen LogP contribution in [0.4, 0.5) is 21.7 Å². The van der Waals surface area contributed by atoms with Crippen molar-refractivity contribution in [2.45, 2.75) is 17.7 Å². The number of methoxy groups -OCH3 is 1. The number of benzene rings is 2. The summed E-state index contributed by atoms with van der Waals surface area (Å²) in [6.45, 7) is 1.77. The van der Waals surface area contributed by atoms with Crippen LogP contribution in [0.2, 0.25) is 0 Å². The lowest BCUT2D eigenvalue weighted by Crippen LogP contribution is -2.18. The van der Waals surface area contributed by atoms with Crippen LogP contribution in [0, 0.1) is 5.82 Å². The van der Waals surface area contributed by atoms with Crippen molar-refractivity contribution in [2.24, 2.45) is 0 Å². The van der Waals surface area contributed by atoms with Crippen molar-refractivity contribution in [1.29, 1.82) is 0 Å². The van der Waals surface area contributed by atoms with Crippen LogP contribution in [0.25, 0.3) is 16.8 Å². The highest BCUT2D eigenvalue weighted by atomic mass is 32.2. The minimum Gasteiger partial charge on any atom is -0.493 e. The van der Waals surface area contributed by atoms with E-state index in [1.54, 1.807) is 25.3 Å². The number of ether oxygens (including phenoxy) is 1. The monoisotopic (exact) mass is 559 g/mol. The second-order valence-corrected chi connectivity index (χ2v) is 11.3. The molecular formula is C29H26FN5O4S. The molecule has 3 heterocycles. The number of nitrogens with one attached hydrogen (secondary N) is 2. The van der Waals surface area contributed by atoms with Crippen molar-refractivity contribution in [3.63, 3.8) is 0 Å². The van der Waals surface area contributed by atoms with Gasteiger partial charge in [0.05, 0.1) is 24.1 Å². The number of amides is 1. The molecule has 0 saturated heterocycles. The molecule has 11 heteroatoms. The number of sulfone groups is 1. The second kappa shape index (κ2) is 10.8. The molecule has 9 nitrogen and oxygen atoms in total. The van der Waals surface area contributed by atoms with E-state index in [1.807, 2.05) is 47.0 Å². The van der Waals surface area contributed by atoms with E-state index in [4.69, 9.17) is 4.74 Å². The van der Waals surface area contributed by atoms with Crippen LogP contribution in [-0.4, -0.2) is 42.1 Å². The van der Waals surface area contributed by atoms with Gasteiger partial charge in [-0.25, -0.2) is 22.8 Å². The number of carbonyl (C=O) groups is 1. The predicted molar refractivity (Wildman–Crippen MR) is 151 cm³/mol. The van der Waals surface area contributed by atoms with Crippen LogP contribution in [0.3, 0.4) is 0 Å². The largest absolute Gasteiger partial charge is 0.493 e. The van der Waals surface area contributed by atoms with E-state index in [2.05, 4.69) is 20.6 Å². The number of nitrogens with zero attached hydrogens (tertiary/aromatic N) is 3. The van der Waals surface area contributed by atoms with Gasteiger partial charge in [-0.05, 0) is 60.0 Å². The Morgan fingerprint density at radius 1 is 1.00 bits per heavy atom. The minimum absolute atomic E-state index is 0.0579. The molecule has 5 aromatic rings. The van der Waals surface area contributed by atoms with E-state index >= 15 is 0 Å². The minimum atomic E-state index is -3.42. The topological polar surface area (TPSA) is 115 Å². The molecule has 0 spiro atoms. The van der Waals surface area contributed by atoms with Crippen LogP contribution in [0.15, 0.2) is 90.2 Å². The number of rotatable bonds is 8. The molecule has 2 N–H and O–H groups in total. The average molecular weight is 560 g/mol. The summed E-state index contributed by atoms with van der Waals surface area (Å²) in [5.74, 6) is 0.163. The molecular weight excluding hydrogens is 533 g/mol. The highest BCUT2D eigenvalue weighted by molar-refractivity contribution is 7.90. The third-order valence-electron chi connectivity index (χ3n) is 6.42. The van der Waals surface area contributed by atoms with Crippen molar-refractivity contribution in [2.75, 3.05) is 24.0 Å². The first kappa shape index (κ1) is 26.8. The molecule has 2 aromatic carbocycles. The molecule has 1 amide bonds. The lowest BCUT2D eigenvalue weighted by atomic mass is 10.00. The van der Waals surface area contributed by atoms with Gasteiger partial charge >= 0.3 is 0 Å². The summed E-state index contributed by atoms with van der Waals surface area (Å²) in [4.78, 5) is 21.5. The van der Waals surface area contributed by atoms with Crippen LogP contribution in [0.5, 0.6) is 5.75 Å². The van der Waals surface area contributed by atoms with E-state index in [0.717, 1.165) is 22.9 Å². The van der Waals surface area contributed by atoms with Gasteiger partial charge in [-0.3, -0.25) is 4.79 Å². The van der Waals surface area contributed by atoms with Gasteiger partial charge in [0.2, 0.25) is 5.91 Å². The van der Waals surface area contributed by atoms with E-state index in [1.165, 1.54) is 31.5 Å². The number of hydrogen-bond donors (Lipinski definition) is 2. The highest BCUT2D eigenvalue weighted by Crippen LogP contribution is 2.29. The first-order chi connectivity index (χ1) is 19.1. The summed E-state index contributed by atoms with van der Waals surface area (Å²) in [6, 6.07) is 18.6. The number of anilines is 3. The van der Waals surface area contributed by atoms with Crippen molar-refractivity contribution < 1.29 is 22.3 Å². The predicted octanol–water partition coefficient (Wildman–Crippen LogP) is 5.43. The van der Waals surface area contributed by atoms with E-state index in [0.29, 0.717) is 23.0 Å². The molecule has 1 atom stereocenters. The van der Waals surface area contributed by atoms with Crippen molar-refractivity contribution in [1.82, 2.24) is 14.4 Å². The maximum atomic E-state index is 13.2. The summed E-state index contributed by atoms with van der Waals surface area (Å²) in [7, 11) is -1.99. The average Bonchev–Trinajstić information content (AvgIpc) is 3.34. The van der Waals surface area contributed by atoms with Crippen LogP contribution < -0.4 is 15.4 Å². The Kier molecular flexibility index (Phi) is 7.22. The lowest BCUT2D eigenvalue weighted by molar-refractivity contribution is -0.117. The van der Waals surface area contributed by atoms with E-state index < -0.39 is 15.8 Å². The normalized spacial score (nSPS) is 12.2. The van der Waals surface area contributed by atoms with Gasteiger partial charge in [0.1, 0.15) is 11.5 Å². The number of halogens is 1. The van der Waals surface area contributed by atoms with Gasteiger partial charge in [0.25, 0.3) is 0 Å². The zero-order valence-electron chi connectivity index (χ0n) is 21.9. The number of hydrogen-bond acceptors (Lipinski definition) is 7. The molecule has 5 rings (SSSR count). The molecule has 0 unspecified atom stereocenters. The maximum absolute atomic E-state index is 13.2. The highest BCUT2D eigenvalue weighted by Gasteiger charge is 2.16. The van der Waals surface area contributed by atoms with Gasteiger partial charge in [-0.15, -0.1) is 0 Å². The third-order valence-corrected chi connectivity index (χ3v) is 7.50. The van der Waals surface area contributed by atoms with Gasteiger partial charge in [0.15, 0.2) is 27.2 Å². The quantitative estimate of drug-likeness (QED) is 0.260. The van der Waals surface area contributed by atoms with Crippen LogP contribution >= 0.6 is 0 Å². The van der Waals surface area contributed by atoms with Gasteiger partial charge in [-0.1, -0.05) is 24.3 Å². The number of imidazole rings is 1.